The van der Waals surface area contributed by atoms with Crippen molar-refractivity contribution >= 4 is 98.3 Å². The van der Waals surface area contributed by atoms with Crippen molar-refractivity contribution in [1.29, 1.82) is 0 Å². The maximum atomic E-state index is 10.6. The second-order valence-corrected chi connectivity index (χ2v) is 8.90. The molecule has 2 aromatic rings. The van der Waals surface area contributed by atoms with Crippen LogP contribution in [-0.2, 0) is 0 Å². The lowest BCUT2D eigenvalue weighted by Crippen LogP contribution is -2.09. The number of primary amides is 1. The number of carboxylic acids is 1. The first-order chi connectivity index (χ1) is 9.22. The average molecular weight is 573 g/mol. The zero-order chi connectivity index (χ0) is 15.4. The van der Waals surface area contributed by atoms with Crippen LogP contribution in [0.5, 0.6) is 0 Å². The number of hydrogen-bond acceptors (Lipinski definition) is 6. The van der Waals surface area contributed by atoms with Gasteiger partial charge in [0.05, 0.1) is 0 Å². The van der Waals surface area contributed by atoms with Crippen molar-refractivity contribution in [2.75, 3.05) is 0 Å². The van der Waals surface area contributed by atoms with E-state index >= 15 is 0 Å². The number of amides is 1. The molecule has 0 saturated carbocycles. The van der Waals surface area contributed by atoms with Crippen molar-refractivity contribution in [1.82, 2.24) is 9.97 Å². The van der Waals surface area contributed by atoms with Crippen LogP contribution in [0.15, 0.2) is 17.0 Å². The summed E-state index contributed by atoms with van der Waals surface area (Å²) in [6.45, 7) is 0. The molecule has 2 heterocycles. The van der Waals surface area contributed by atoms with Crippen LogP contribution in [-0.4, -0.2) is 27.0 Å². The molecule has 0 spiro atoms. The molecule has 0 unspecified atom stereocenters. The number of carboxylic acid groups (broad SMARTS) is 1. The molecule has 0 atom stereocenters. The van der Waals surface area contributed by atoms with Gasteiger partial charge in [0, 0.05) is 0 Å². The molecule has 108 valence electrons. The fourth-order valence-electron chi connectivity index (χ4n) is 0.838. The number of thiazole rings is 2. The molecular weight excluding hydrogens is 570 g/mol. The molecule has 6 nitrogen and oxygen atoms in total. The Morgan fingerprint density at radius 1 is 0.950 bits per heavy atom. The summed E-state index contributed by atoms with van der Waals surface area (Å²) in [5, 5.41) is 8.50. The summed E-state index contributed by atoms with van der Waals surface area (Å²) < 4.78 is 2.08. The molecule has 3 N–H and O–H groups in total. The molecule has 0 aromatic carbocycles. The Labute approximate surface area is 154 Å². The molecule has 20 heavy (non-hydrogen) atoms. The summed E-state index contributed by atoms with van der Waals surface area (Å²) in [5.41, 5.74) is 5.01. The van der Waals surface area contributed by atoms with Crippen molar-refractivity contribution in [3.63, 3.8) is 0 Å². The Kier molecular flexibility index (Phi) is 7.21. The van der Waals surface area contributed by atoms with Crippen LogP contribution < -0.4 is 5.73 Å². The van der Waals surface area contributed by atoms with E-state index in [0.717, 1.165) is 11.3 Å². The van der Waals surface area contributed by atoms with Crippen LogP contribution in [0, 0.1) is 0 Å². The molecule has 12 heteroatoms. The van der Waals surface area contributed by atoms with Crippen LogP contribution in [0.1, 0.15) is 19.3 Å². The Morgan fingerprint density at radius 3 is 1.50 bits per heavy atom. The highest BCUT2D eigenvalue weighted by atomic mass is 79.9. The average Bonchev–Trinajstić information content (AvgIpc) is 2.82. The van der Waals surface area contributed by atoms with E-state index in [1.807, 2.05) is 0 Å². The number of aromatic nitrogens is 2. The highest BCUT2D eigenvalue weighted by molar-refractivity contribution is 9.11. The maximum Gasteiger partial charge on any atom is 0.348 e. The van der Waals surface area contributed by atoms with E-state index < -0.39 is 11.9 Å². The van der Waals surface area contributed by atoms with E-state index in [-0.39, 0.29) is 4.88 Å². The third kappa shape index (κ3) is 5.15. The number of rotatable bonds is 2. The monoisotopic (exact) mass is 569 g/mol. The second kappa shape index (κ2) is 7.94. The van der Waals surface area contributed by atoms with Gasteiger partial charge in [0.25, 0.3) is 5.91 Å². The highest BCUT2D eigenvalue weighted by Gasteiger charge is 2.13. The molecule has 0 fully saturated rings. The van der Waals surface area contributed by atoms with E-state index in [9.17, 15) is 9.59 Å². The summed E-state index contributed by atoms with van der Waals surface area (Å²) in [6.07, 6.45) is 0. The third-order valence-corrected chi connectivity index (χ3v) is 6.23. The van der Waals surface area contributed by atoms with Crippen molar-refractivity contribution in [3.05, 3.63) is 26.8 Å². The predicted molar refractivity (Wildman–Crippen MR) is 90.5 cm³/mol. The van der Waals surface area contributed by atoms with Crippen molar-refractivity contribution in [2.45, 2.75) is 0 Å². The lowest BCUT2D eigenvalue weighted by atomic mass is 10.5. The minimum atomic E-state index is -0.963. The van der Waals surface area contributed by atoms with Gasteiger partial charge in [-0.3, -0.25) is 4.79 Å². The molecule has 2 aromatic heterocycles. The lowest BCUT2D eigenvalue weighted by Gasteiger charge is -1.84. The zero-order valence-corrected chi connectivity index (χ0v) is 17.0. The van der Waals surface area contributed by atoms with Crippen molar-refractivity contribution < 1.29 is 14.7 Å². The van der Waals surface area contributed by atoms with Gasteiger partial charge in [-0.2, -0.15) is 0 Å². The number of hydrogen-bond donors (Lipinski definition) is 2. The number of carbonyl (C=O) groups excluding carboxylic acids is 1. The predicted octanol–water partition coefficient (Wildman–Crippen LogP) is 4.13. The summed E-state index contributed by atoms with van der Waals surface area (Å²) in [4.78, 5) is 29.3. The fourth-order valence-corrected chi connectivity index (χ4v) is 5.14. The number of nitrogens with zero attached hydrogens (tertiary/aromatic N) is 2. The number of aromatic carboxylic acids is 1. The van der Waals surface area contributed by atoms with E-state index in [4.69, 9.17) is 10.8 Å². The van der Waals surface area contributed by atoms with Gasteiger partial charge in [-0.05, 0) is 63.7 Å². The van der Waals surface area contributed by atoms with Gasteiger partial charge < -0.3 is 10.8 Å². The Morgan fingerprint density at radius 2 is 1.35 bits per heavy atom. The number of nitrogens with two attached hydrogens (primary N) is 1. The normalized spacial score (nSPS) is 9.80. The van der Waals surface area contributed by atoms with E-state index in [1.165, 1.54) is 11.3 Å². The molecule has 0 aliphatic heterocycles. The molecule has 0 radical (unpaired) electrons. The van der Waals surface area contributed by atoms with Crippen LogP contribution >= 0.6 is 86.4 Å². The van der Waals surface area contributed by atoms with Gasteiger partial charge in [-0.1, -0.05) is 11.3 Å². The summed E-state index contributed by atoms with van der Waals surface area (Å²) in [7, 11) is 0. The van der Waals surface area contributed by atoms with Gasteiger partial charge in [0.15, 0.2) is 7.83 Å². The first-order valence-electron chi connectivity index (χ1n) is 4.39. The van der Waals surface area contributed by atoms with Gasteiger partial charge in [-0.25, -0.2) is 14.8 Å². The molecular formula is C8H3Br4N3O3S2. The zero-order valence-electron chi connectivity index (χ0n) is 9.06. The second-order valence-electron chi connectivity index (χ2n) is 2.84. The molecule has 0 bridgehead atoms. The third-order valence-electron chi connectivity index (χ3n) is 1.54. The molecule has 0 saturated heterocycles. The maximum absolute atomic E-state index is 10.6. The summed E-state index contributed by atoms with van der Waals surface area (Å²) in [5.74, 6) is -1.43. The van der Waals surface area contributed by atoms with Crippen molar-refractivity contribution in [3.8, 4) is 0 Å². The van der Waals surface area contributed by atoms with Gasteiger partial charge in [-0.15, -0.1) is 11.3 Å². The molecule has 1 amide bonds. The first-order valence-corrected chi connectivity index (χ1v) is 9.19. The van der Waals surface area contributed by atoms with Crippen LogP contribution in [0.4, 0.5) is 0 Å². The van der Waals surface area contributed by atoms with E-state index in [0.29, 0.717) is 21.9 Å². The SMILES string of the molecule is NC(=O)c1sc(Br)nc1Br.O=C(O)c1sc(Br)nc1Br. The van der Waals surface area contributed by atoms with Gasteiger partial charge in [0.1, 0.15) is 19.0 Å². The van der Waals surface area contributed by atoms with Crippen LogP contribution in [0.3, 0.4) is 0 Å². The first kappa shape index (κ1) is 18.2. The standard InChI is InChI=1S/C4H2Br2N2OS.C4HBr2NO2S/c5-2-1(3(7)9)10-4(6)8-2;5-2-1(3(8)9)10-4(6)7-2/h(H2,7,9);(H,8,9). The smallest absolute Gasteiger partial charge is 0.348 e. The van der Waals surface area contributed by atoms with Crippen LogP contribution in [0.2, 0.25) is 0 Å². The number of carbonyl (C=O) groups is 2. The Balaban J connectivity index is 0.000000200. The quantitative estimate of drug-likeness (QED) is 0.563. The molecule has 2 rings (SSSR count). The number of halogens is 4. The minimum Gasteiger partial charge on any atom is -0.477 e. The largest absolute Gasteiger partial charge is 0.477 e. The highest BCUT2D eigenvalue weighted by Crippen LogP contribution is 2.27. The lowest BCUT2D eigenvalue weighted by molar-refractivity contribution is 0.0700. The minimum absolute atomic E-state index is 0.215. The molecule has 0 aliphatic carbocycles. The fraction of sp³-hybridized carbons (Fsp3) is 0. The van der Waals surface area contributed by atoms with Crippen LogP contribution in [0.25, 0.3) is 0 Å². The summed E-state index contributed by atoms with van der Waals surface area (Å²) in [6, 6.07) is 0. The Bertz CT molecular complexity index is 601. The van der Waals surface area contributed by atoms with E-state index in [2.05, 4.69) is 73.7 Å². The summed E-state index contributed by atoms with van der Waals surface area (Å²) >= 11 is 14.6. The van der Waals surface area contributed by atoms with Crippen molar-refractivity contribution in [2.24, 2.45) is 5.73 Å². The van der Waals surface area contributed by atoms with E-state index in [1.54, 1.807) is 0 Å². The Hall–Kier alpha value is 0.120. The topological polar surface area (TPSA) is 106 Å². The van der Waals surface area contributed by atoms with Gasteiger partial charge >= 0.3 is 5.97 Å². The van der Waals surface area contributed by atoms with Gasteiger partial charge in [0.2, 0.25) is 0 Å². The molecule has 0 aliphatic rings.